The zero-order chi connectivity index (χ0) is 12.6. The molecule has 0 radical (unpaired) electrons. The molecule has 1 atom stereocenters. The van der Waals surface area contributed by atoms with E-state index in [1.54, 1.807) is 0 Å². The first-order valence-corrected chi connectivity index (χ1v) is 6.45. The van der Waals surface area contributed by atoms with Gasteiger partial charge in [-0.05, 0) is 18.9 Å². The monoisotopic (exact) mass is 245 g/mol. The third-order valence-corrected chi connectivity index (χ3v) is 3.71. The van der Waals surface area contributed by atoms with Crippen LogP contribution in [0.5, 0.6) is 0 Å². The first-order chi connectivity index (χ1) is 8.68. The number of benzene rings is 1. The van der Waals surface area contributed by atoms with Gasteiger partial charge in [0, 0.05) is 31.0 Å². The highest BCUT2D eigenvalue weighted by atomic mass is 16.5. The molecule has 0 amide bonds. The molecule has 1 unspecified atom stereocenters. The first-order valence-electron chi connectivity index (χ1n) is 6.45. The average Bonchev–Trinajstić information content (AvgIpc) is 2.67. The summed E-state index contributed by atoms with van der Waals surface area (Å²) < 4.78 is 7.44. The standard InChI is InChI=1S/C14H19N3O/c1-17-13-6-3-2-5-11(13)12(16-17)9-14(15)7-4-8-18-10-14/h2-3,5-6H,4,7-10,15H2,1H3. The summed E-state index contributed by atoms with van der Waals surface area (Å²) in [5.41, 5.74) is 8.41. The number of nitrogens with two attached hydrogens (primary N) is 1. The molecule has 0 aliphatic carbocycles. The van der Waals surface area contributed by atoms with E-state index in [9.17, 15) is 0 Å². The van der Waals surface area contributed by atoms with Crippen LogP contribution in [0.4, 0.5) is 0 Å². The molecule has 2 heterocycles. The minimum absolute atomic E-state index is 0.255. The predicted octanol–water partition coefficient (Wildman–Crippen LogP) is 1.62. The highest BCUT2D eigenvalue weighted by molar-refractivity contribution is 5.81. The SMILES string of the molecule is Cn1nc(CC2(N)CCCOC2)c2ccccc21. The zero-order valence-corrected chi connectivity index (χ0v) is 10.7. The van der Waals surface area contributed by atoms with E-state index in [0.29, 0.717) is 6.61 Å². The summed E-state index contributed by atoms with van der Waals surface area (Å²) in [6.07, 6.45) is 2.84. The number of ether oxygens (including phenoxy) is 1. The number of hydrogen-bond acceptors (Lipinski definition) is 3. The largest absolute Gasteiger partial charge is 0.380 e. The summed E-state index contributed by atoms with van der Waals surface area (Å²) in [5, 5.41) is 5.81. The van der Waals surface area contributed by atoms with Crippen LogP contribution in [-0.2, 0) is 18.2 Å². The van der Waals surface area contributed by atoms with Gasteiger partial charge in [-0.3, -0.25) is 4.68 Å². The smallest absolute Gasteiger partial charge is 0.0722 e. The molecule has 1 fully saturated rings. The van der Waals surface area contributed by atoms with Crippen LogP contribution < -0.4 is 5.73 Å². The third kappa shape index (κ3) is 2.02. The highest BCUT2D eigenvalue weighted by Gasteiger charge is 2.30. The lowest BCUT2D eigenvalue weighted by Gasteiger charge is -2.32. The number of para-hydroxylation sites is 1. The van der Waals surface area contributed by atoms with Crippen molar-refractivity contribution >= 4 is 10.9 Å². The maximum absolute atomic E-state index is 6.42. The molecule has 1 aromatic heterocycles. The van der Waals surface area contributed by atoms with Crippen molar-refractivity contribution in [2.45, 2.75) is 24.8 Å². The Morgan fingerprint density at radius 1 is 1.44 bits per heavy atom. The van der Waals surface area contributed by atoms with Crippen LogP contribution in [0.1, 0.15) is 18.5 Å². The number of aromatic nitrogens is 2. The number of hydrogen-bond donors (Lipinski definition) is 1. The fourth-order valence-electron chi connectivity index (χ4n) is 2.77. The molecule has 0 bridgehead atoms. The Morgan fingerprint density at radius 2 is 2.28 bits per heavy atom. The van der Waals surface area contributed by atoms with Gasteiger partial charge in [-0.2, -0.15) is 5.10 Å². The van der Waals surface area contributed by atoms with Crippen molar-refractivity contribution in [3.05, 3.63) is 30.0 Å². The summed E-state index contributed by atoms with van der Waals surface area (Å²) in [7, 11) is 1.98. The van der Waals surface area contributed by atoms with Crippen LogP contribution in [0.25, 0.3) is 10.9 Å². The Morgan fingerprint density at radius 3 is 3.06 bits per heavy atom. The van der Waals surface area contributed by atoms with Crippen LogP contribution in [0.3, 0.4) is 0 Å². The van der Waals surface area contributed by atoms with Crippen molar-refractivity contribution in [2.24, 2.45) is 12.8 Å². The van der Waals surface area contributed by atoms with Crippen molar-refractivity contribution < 1.29 is 4.74 Å². The lowest BCUT2D eigenvalue weighted by Crippen LogP contribution is -2.49. The molecule has 1 aromatic carbocycles. The fourth-order valence-corrected chi connectivity index (χ4v) is 2.77. The van der Waals surface area contributed by atoms with Crippen molar-refractivity contribution in [3.63, 3.8) is 0 Å². The quantitative estimate of drug-likeness (QED) is 0.874. The average molecular weight is 245 g/mol. The summed E-state index contributed by atoms with van der Waals surface area (Å²) in [4.78, 5) is 0. The van der Waals surface area contributed by atoms with E-state index in [2.05, 4.69) is 17.2 Å². The van der Waals surface area contributed by atoms with Crippen molar-refractivity contribution in [1.82, 2.24) is 9.78 Å². The Kier molecular flexibility index (Phi) is 2.84. The summed E-state index contributed by atoms with van der Waals surface area (Å²) in [6.45, 7) is 1.47. The van der Waals surface area contributed by atoms with E-state index in [-0.39, 0.29) is 5.54 Å². The van der Waals surface area contributed by atoms with Crippen molar-refractivity contribution in [2.75, 3.05) is 13.2 Å². The topological polar surface area (TPSA) is 53.1 Å². The Bertz CT molecular complexity index is 555. The second-order valence-corrected chi connectivity index (χ2v) is 5.28. The minimum Gasteiger partial charge on any atom is -0.380 e. The molecule has 2 N–H and O–H groups in total. The van der Waals surface area contributed by atoms with Gasteiger partial charge in [0.2, 0.25) is 0 Å². The van der Waals surface area contributed by atoms with Gasteiger partial charge < -0.3 is 10.5 Å². The molecule has 4 heteroatoms. The van der Waals surface area contributed by atoms with Crippen molar-refractivity contribution in [3.8, 4) is 0 Å². The second-order valence-electron chi connectivity index (χ2n) is 5.28. The lowest BCUT2D eigenvalue weighted by molar-refractivity contribution is 0.0379. The van der Waals surface area contributed by atoms with E-state index in [4.69, 9.17) is 10.5 Å². The van der Waals surface area contributed by atoms with Crippen molar-refractivity contribution in [1.29, 1.82) is 0 Å². The van der Waals surface area contributed by atoms with Gasteiger partial charge in [0.25, 0.3) is 0 Å². The number of fused-ring (bicyclic) bond motifs is 1. The maximum Gasteiger partial charge on any atom is 0.0722 e. The summed E-state index contributed by atoms with van der Waals surface area (Å²) >= 11 is 0. The van der Waals surface area contributed by atoms with Gasteiger partial charge in [-0.1, -0.05) is 18.2 Å². The predicted molar refractivity (Wildman–Crippen MR) is 71.4 cm³/mol. The molecule has 1 aliphatic heterocycles. The normalized spacial score (nSPS) is 24.6. The summed E-state index contributed by atoms with van der Waals surface area (Å²) in [6, 6.07) is 8.29. The van der Waals surface area contributed by atoms with E-state index in [1.807, 2.05) is 23.9 Å². The Labute approximate surface area is 107 Å². The van der Waals surface area contributed by atoms with Gasteiger partial charge in [-0.15, -0.1) is 0 Å². The fraction of sp³-hybridized carbons (Fsp3) is 0.500. The number of nitrogens with zero attached hydrogens (tertiary/aromatic N) is 2. The van der Waals surface area contributed by atoms with Crippen LogP contribution in [0.2, 0.25) is 0 Å². The highest BCUT2D eigenvalue weighted by Crippen LogP contribution is 2.25. The summed E-state index contributed by atoms with van der Waals surface area (Å²) in [5.74, 6) is 0. The first kappa shape index (κ1) is 11.7. The van der Waals surface area contributed by atoms with E-state index in [0.717, 1.165) is 37.1 Å². The third-order valence-electron chi connectivity index (χ3n) is 3.71. The molecule has 3 rings (SSSR count). The number of aryl methyl sites for hydroxylation is 1. The molecular weight excluding hydrogens is 226 g/mol. The molecule has 96 valence electrons. The molecule has 0 spiro atoms. The van der Waals surface area contributed by atoms with Gasteiger partial charge in [0.05, 0.1) is 17.8 Å². The Hall–Kier alpha value is -1.39. The van der Waals surface area contributed by atoms with Gasteiger partial charge in [0.15, 0.2) is 0 Å². The zero-order valence-electron chi connectivity index (χ0n) is 10.7. The van der Waals surface area contributed by atoms with Gasteiger partial charge in [-0.25, -0.2) is 0 Å². The van der Waals surface area contributed by atoms with Crippen LogP contribution in [0, 0.1) is 0 Å². The van der Waals surface area contributed by atoms with Crippen LogP contribution >= 0.6 is 0 Å². The molecule has 0 saturated carbocycles. The van der Waals surface area contributed by atoms with Gasteiger partial charge in [0.1, 0.15) is 0 Å². The van der Waals surface area contributed by atoms with E-state index >= 15 is 0 Å². The molecule has 2 aromatic rings. The molecule has 1 aliphatic rings. The van der Waals surface area contributed by atoms with E-state index in [1.165, 1.54) is 5.39 Å². The minimum atomic E-state index is -0.255. The molecular formula is C14H19N3O. The number of rotatable bonds is 2. The second kappa shape index (κ2) is 4.37. The van der Waals surface area contributed by atoms with Gasteiger partial charge >= 0.3 is 0 Å². The molecule has 18 heavy (non-hydrogen) atoms. The van der Waals surface area contributed by atoms with Crippen LogP contribution in [0.15, 0.2) is 24.3 Å². The molecule has 4 nitrogen and oxygen atoms in total. The molecule has 1 saturated heterocycles. The Balaban J connectivity index is 1.95. The van der Waals surface area contributed by atoms with E-state index < -0.39 is 0 Å². The maximum atomic E-state index is 6.42. The van der Waals surface area contributed by atoms with Crippen LogP contribution in [-0.4, -0.2) is 28.5 Å². The lowest BCUT2D eigenvalue weighted by atomic mass is 9.88.